The van der Waals surface area contributed by atoms with Crippen molar-refractivity contribution in [3.8, 4) is 0 Å². The third kappa shape index (κ3) is 2.05. The van der Waals surface area contributed by atoms with Gasteiger partial charge in [-0.25, -0.2) is 4.98 Å². The van der Waals surface area contributed by atoms with Gasteiger partial charge in [0.25, 0.3) is 0 Å². The standard InChI is InChI=1S/C13H20N4/c1-5-10(14-4)13-16-11-8-15-7-6-12(11)17(13)9(2)3/h6-10,14H,5H2,1-4H3. The molecule has 0 saturated carbocycles. The topological polar surface area (TPSA) is 42.7 Å². The van der Waals surface area contributed by atoms with Crippen LogP contribution in [0.3, 0.4) is 0 Å². The largest absolute Gasteiger partial charge is 0.324 e. The van der Waals surface area contributed by atoms with Gasteiger partial charge >= 0.3 is 0 Å². The van der Waals surface area contributed by atoms with Crippen LogP contribution in [-0.2, 0) is 0 Å². The summed E-state index contributed by atoms with van der Waals surface area (Å²) in [7, 11) is 1.98. The Hall–Kier alpha value is -1.42. The lowest BCUT2D eigenvalue weighted by Crippen LogP contribution is -2.21. The lowest BCUT2D eigenvalue weighted by atomic mass is 10.2. The van der Waals surface area contributed by atoms with Crippen molar-refractivity contribution in [3.05, 3.63) is 24.3 Å². The third-order valence-electron chi connectivity index (χ3n) is 3.10. The van der Waals surface area contributed by atoms with Crippen molar-refractivity contribution in [1.82, 2.24) is 19.9 Å². The van der Waals surface area contributed by atoms with Gasteiger partial charge < -0.3 is 9.88 Å². The van der Waals surface area contributed by atoms with Gasteiger partial charge in [-0.05, 0) is 33.4 Å². The highest BCUT2D eigenvalue weighted by atomic mass is 15.1. The normalized spacial score (nSPS) is 13.5. The summed E-state index contributed by atoms with van der Waals surface area (Å²) >= 11 is 0. The quantitative estimate of drug-likeness (QED) is 0.881. The van der Waals surface area contributed by atoms with E-state index in [1.807, 2.05) is 25.5 Å². The zero-order chi connectivity index (χ0) is 12.4. The number of nitrogens with one attached hydrogen (secondary N) is 1. The summed E-state index contributed by atoms with van der Waals surface area (Å²) in [6.45, 7) is 6.55. The second-order valence-corrected chi connectivity index (χ2v) is 4.55. The molecule has 2 heterocycles. The van der Waals surface area contributed by atoms with Gasteiger partial charge in [-0.3, -0.25) is 4.98 Å². The molecule has 0 amide bonds. The number of hydrogen-bond acceptors (Lipinski definition) is 3. The van der Waals surface area contributed by atoms with Crippen molar-refractivity contribution in [1.29, 1.82) is 0 Å². The van der Waals surface area contributed by atoms with Gasteiger partial charge in [-0.2, -0.15) is 0 Å². The van der Waals surface area contributed by atoms with Crippen molar-refractivity contribution >= 4 is 11.0 Å². The minimum Gasteiger partial charge on any atom is -0.324 e. The van der Waals surface area contributed by atoms with Gasteiger partial charge in [0.15, 0.2) is 0 Å². The second kappa shape index (κ2) is 4.84. The number of rotatable bonds is 4. The molecule has 0 radical (unpaired) electrons. The van der Waals surface area contributed by atoms with Crippen molar-refractivity contribution < 1.29 is 0 Å². The van der Waals surface area contributed by atoms with Crippen molar-refractivity contribution in [2.24, 2.45) is 0 Å². The molecule has 0 bridgehead atoms. The van der Waals surface area contributed by atoms with Crippen LogP contribution < -0.4 is 5.32 Å². The van der Waals surface area contributed by atoms with E-state index in [9.17, 15) is 0 Å². The number of pyridine rings is 1. The van der Waals surface area contributed by atoms with E-state index in [-0.39, 0.29) is 0 Å². The fourth-order valence-electron chi connectivity index (χ4n) is 2.27. The highest BCUT2D eigenvalue weighted by Crippen LogP contribution is 2.25. The molecule has 1 N–H and O–H groups in total. The molecule has 0 aliphatic rings. The number of hydrogen-bond donors (Lipinski definition) is 1. The molecule has 4 nitrogen and oxygen atoms in total. The van der Waals surface area contributed by atoms with E-state index >= 15 is 0 Å². The van der Waals surface area contributed by atoms with Gasteiger partial charge in [-0.1, -0.05) is 6.92 Å². The summed E-state index contributed by atoms with van der Waals surface area (Å²) < 4.78 is 2.29. The van der Waals surface area contributed by atoms with E-state index in [4.69, 9.17) is 4.98 Å². The highest BCUT2D eigenvalue weighted by Gasteiger charge is 2.18. The number of nitrogens with zero attached hydrogens (tertiary/aromatic N) is 3. The average Bonchev–Trinajstić information content (AvgIpc) is 2.69. The molecule has 0 spiro atoms. The van der Waals surface area contributed by atoms with E-state index in [2.05, 4.69) is 35.6 Å². The molecule has 4 heteroatoms. The smallest absolute Gasteiger partial charge is 0.127 e. The van der Waals surface area contributed by atoms with Crippen LogP contribution in [0.5, 0.6) is 0 Å². The van der Waals surface area contributed by atoms with Crippen LogP contribution in [-0.4, -0.2) is 21.6 Å². The van der Waals surface area contributed by atoms with Crippen LogP contribution in [0.25, 0.3) is 11.0 Å². The first-order chi connectivity index (χ1) is 8.19. The summed E-state index contributed by atoms with van der Waals surface area (Å²) in [4.78, 5) is 8.86. The van der Waals surface area contributed by atoms with Crippen molar-refractivity contribution in [2.45, 2.75) is 39.3 Å². The third-order valence-corrected chi connectivity index (χ3v) is 3.10. The van der Waals surface area contributed by atoms with Crippen LogP contribution in [0.1, 0.15) is 45.1 Å². The van der Waals surface area contributed by atoms with Gasteiger partial charge in [-0.15, -0.1) is 0 Å². The Morgan fingerprint density at radius 3 is 2.76 bits per heavy atom. The predicted molar refractivity (Wildman–Crippen MR) is 70.0 cm³/mol. The minimum atomic E-state index is 0.296. The first kappa shape index (κ1) is 12.0. The Bertz CT molecular complexity index is 497. The minimum absolute atomic E-state index is 0.296. The Morgan fingerprint density at radius 2 is 2.18 bits per heavy atom. The Kier molecular flexibility index (Phi) is 3.43. The van der Waals surface area contributed by atoms with Crippen LogP contribution in [0.2, 0.25) is 0 Å². The molecule has 17 heavy (non-hydrogen) atoms. The Labute approximate surface area is 102 Å². The predicted octanol–water partition coefficient (Wildman–Crippen LogP) is 2.68. The Balaban J connectivity index is 2.65. The first-order valence-electron chi connectivity index (χ1n) is 6.18. The number of imidazole rings is 1. The molecular weight excluding hydrogens is 212 g/mol. The van der Waals surface area contributed by atoms with Crippen molar-refractivity contribution in [2.75, 3.05) is 7.05 Å². The van der Waals surface area contributed by atoms with Crippen LogP contribution in [0, 0.1) is 0 Å². The molecule has 0 saturated heterocycles. The molecule has 2 aromatic heterocycles. The van der Waals surface area contributed by atoms with Gasteiger partial charge in [0.1, 0.15) is 11.3 Å². The molecule has 0 aliphatic heterocycles. The fourth-order valence-corrected chi connectivity index (χ4v) is 2.27. The number of fused-ring (bicyclic) bond motifs is 1. The number of aromatic nitrogens is 3. The monoisotopic (exact) mass is 232 g/mol. The average molecular weight is 232 g/mol. The maximum atomic E-state index is 4.71. The fraction of sp³-hybridized carbons (Fsp3) is 0.538. The molecule has 2 rings (SSSR count). The van der Waals surface area contributed by atoms with Gasteiger partial charge in [0.05, 0.1) is 17.8 Å². The molecule has 2 aromatic rings. The highest BCUT2D eigenvalue weighted by molar-refractivity contribution is 5.75. The van der Waals surface area contributed by atoms with E-state index < -0.39 is 0 Å². The maximum absolute atomic E-state index is 4.71. The van der Waals surface area contributed by atoms with Crippen LogP contribution in [0.15, 0.2) is 18.5 Å². The molecule has 1 unspecified atom stereocenters. The SMILES string of the molecule is CCC(NC)c1nc2cnccc2n1C(C)C. The molecular formula is C13H20N4. The molecule has 0 aromatic carbocycles. The van der Waals surface area contributed by atoms with E-state index in [0.717, 1.165) is 17.8 Å². The first-order valence-corrected chi connectivity index (χ1v) is 6.18. The van der Waals surface area contributed by atoms with Gasteiger partial charge in [0.2, 0.25) is 0 Å². The molecule has 92 valence electrons. The lowest BCUT2D eigenvalue weighted by molar-refractivity contribution is 0.486. The lowest BCUT2D eigenvalue weighted by Gasteiger charge is -2.18. The van der Waals surface area contributed by atoms with E-state index in [0.29, 0.717) is 12.1 Å². The maximum Gasteiger partial charge on any atom is 0.127 e. The van der Waals surface area contributed by atoms with Crippen LogP contribution >= 0.6 is 0 Å². The van der Waals surface area contributed by atoms with Gasteiger partial charge in [0, 0.05) is 12.2 Å². The summed E-state index contributed by atoms with van der Waals surface area (Å²) in [5.74, 6) is 1.10. The van der Waals surface area contributed by atoms with Crippen LogP contribution in [0.4, 0.5) is 0 Å². The van der Waals surface area contributed by atoms with E-state index in [1.54, 1.807) is 0 Å². The van der Waals surface area contributed by atoms with Crippen molar-refractivity contribution in [3.63, 3.8) is 0 Å². The summed E-state index contributed by atoms with van der Waals surface area (Å²) in [6, 6.07) is 2.73. The van der Waals surface area contributed by atoms with E-state index in [1.165, 1.54) is 5.52 Å². The zero-order valence-corrected chi connectivity index (χ0v) is 10.9. The molecule has 1 atom stereocenters. The molecule has 0 aliphatic carbocycles. The Morgan fingerprint density at radius 1 is 1.41 bits per heavy atom. The molecule has 0 fully saturated rings. The summed E-state index contributed by atoms with van der Waals surface area (Å²) in [5.41, 5.74) is 2.14. The zero-order valence-electron chi connectivity index (χ0n) is 10.9. The summed E-state index contributed by atoms with van der Waals surface area (Å²) in [5, 5.41) is 3.32. The second-order valence-electron chi connectivity index (χ2n) is 4.55. The summed E-state index contributed by atoms with van der Waals surface area (Å²) in [6.07, 6.45) is 4.69.